The predicted molar refractivity (Wildman–Crippen MR) is 71.0 cm³/mol. The van der Waals surface area contributed by atoms with Crippen LogP contribution in [0, 0.1) is 5.82 Å². The van der Waals surface area contributed by atoms with Crippen molar-refractivity contribution in [1.29, 1.82) is 0 Å². The summed E-state index contributed by atoms with van der Waals surface area (Å²) in [5.74, 6) is -0.791. The number of benzene rings is 1. The van der Waals surface area contributed by atoms with Crippen LogP contribution in [-0.2, 0) is 9.59 Å². The molecule has 1 aliphatic heterocycles. The van der Waals surface area contributed by atoms with Crippen LogP contribution in [-0.4, -0.2) is 35.9 Å². The van der Waals surface area contributed by atoms with Gasteiger partial charge in [-0.1, -0.05) is 0 Å². The molecule has 0 aliphatic carbocycles. The zero-order chi connectivity index (χ0) is 15.2. The summed E-state index contributed by atoms with van der Waals surface area (Å²) < 4.78 is 17.8. The van der Waals surface area contributed by atoms with Gasteiger partial charge < -0.3 is 10.1 Å². The summed E-state index contributed by atoms with van der Waals surface area (Å²) in [6.45, 7) is 0.232. The maximum atomic E-state index is 12.8. The monoisotopic (exact) mass is 294 g/mol. The summed E-state index contributed by atoms with van der Waals surface area (Å²) in [6, 6.07) is 4.20. The average molecular weight is 294 g/mol. The van der Waals surface area contributed by atoms with Crippen LogP contribution in [0.1, 0.15) is 19.3 Å². The van der Waals surface area contributed by atoms with E-state index < -0.39 is 23.9 Å². The second kappa shape index (κ2) is 6.83. The Labute approximate surface area is 120 Å². The van der Waals surface area contributed by atoms with E-state index in [0.717, 1.165) is 23.5 Å². The summed E-state index contributed by atoms with van der Waals surface area (Å²) >= 11 is 0. The Hall–Kier alpha value is -2.44. The number of amides is 3. The van der Waals surface area contributed by atoms with Crippen LogP contribution in [0.5, 0.6) is 5.75 Å². The molecule has 2 rings (SSSR count). The molecule has 1 aromatic carbocycles. The number of hydrogen-bond donors (Lipinski definition) is 1. The molecule has 112 valence electrons. The first-order valence-corrected chi connectivity index (χ1v) is 6.60. The van der Waals surface area contributed by atoms with Crippen molar-refractivity contribution in [1.82, 2.24) is 10.2 Å². The van der Waals surface area contributed by atoms with Gasteiger partial charge in [-0.2, -0.15) is 0 Å². The largest absolute Gasteiger partial charge is 0.422 e. The summed E-state index contributed by atoms with van der Waals surface area (Å²) in [4.78, 5) is 35.7. The Bertz CT molecular complexity index is 532. The number of nitrogens with one attached hydrogen (secondary N) is 1. The van der Waals surface area contributed by atoms with Crippen LogP contribution < -0.4 is 10.1 Å². The van der Waals surface area contributed by atoms with Crippen molar-refractivity contribution < 1.29 is 23.5 Å². The van der Waals surface area contributed by atoms with E-state index in [1.807, 2.05) is 0 Å². The van der Waals surface area contributed by atoms with Gasteiger partial charge >= 0.3 is 6.09 Å². The molecular weight excluding hydrogens is 279 g/mol. The molecule has 6 nitrogen and oxygen atoms in total. The number of imide groups is 1. The lowest BCUT2D eigenvalue weighted by Crippen LogP contribution is -2.48. The number of nitrogens with zero attached hydrogens (tertiary/aromatic N) is 1. The third-order valence-electron chi connectivity index (χ3n) is 3.20. The second-order valence-corrected chi connectivity index (χ2v) is 4.64. The van der Waals surface area contributed by atoms with E-state index in [1.54, 1.807) is 0 Å². The number of likely N-dealkylation sites (tertiary alicyclic amines) is 1. The zero-order valence-electron chi connectivity index (χ0n) is 11.3. The molecule has 0 aromatic heterocycles. The Morgan fingerprint density at radius 1 is 1.33 bits per heavy atom. The normalized spacial score (nSPS) is 18.8. The van der Waals surface area contributed by atoms with Crippen molar-refractivity contribution >= 4 is 18.4 Å². The summed E-state index contributed by atoms with van der Waals surface area (Å²) in [5, 5.41) is 2.40. The summed E-state index contributed by atoms with van der Waals surface area (Å²) in [5.41, 5.74) is 0. The van der Waals surface area contributed by atoms with Crippen molar-refractivity contribution in [2.24, 2.45) is 0 Å². The van der Waals surface area contributed by atoms with Gasteiger partial charge in [0.15, 0.2) is 0 Å². The highest BCUT2D eigenvalue weighted by atomic mass is 19.1. The molecule has 1 N–H and O–H groups in total. The number of carbonyl (C=O) groups is 3. The van der Waals surface area contributed by atoms with Gasteiger partial charge in [0.1, 0.15) is 17.6 Å². The van der Waals surface area contributed by atoms with Gasteiger partial charge in [0, 0.05) is 6.54 Å². The molecule has 7 heteroatoms. The predicted octanol–water partition coefficient (Wildman–Crippen LogP) is 1.45. The fourth-order valence-corrected chi connectivity index (χ4v) is 2.12. The number of carbonyl (C=O) groups excluding carboxylic acids is 3. The highest BCUT2D eigenvalue weighted by molar-refractivity contribution is 5.96. The van der Waals surface area contributed by atoms with E-state index >= 15 is 0 Å². The van der Waals surface area contributed by atoms with Crippen LogP contribution in [0.2, 0.25) is 0 Å². The lowest BCUT2D eigenvalue weighted by atomic mass is 10.1. The van der Waals surface area contributed by atoms with Crippen molar-refractivity contribution in [2.45, 2.75) is 25.3 Å². The van der Waals surface area contributed by atoms with Crippen molar-refractivity contribution in [3.63, 3.8) is 0 Å². The van der Waals surface area contributed by atoms with Crippen LogP contribution >= 0.6 is 0 Å². The molecule has 1 heterocycles. The third kappa shape index (κ3) is 3.77. The Morgan fingerprint density at radius 2 is 2.05 bits per heavy atom. The van der Waals surface area contributed by atoms with E-state index in [0.29, 0.717) is 19.3 Å². The Morgan fingerprint density at radius 3 is 2.71 bits per heavy atom. The molecule has 0 spiro atoms. The number of halogens is 1. The average Bonchev–Trinajstić information content (AvgIpc) is 2.65. The van der Waals surface area contributed by atoms with E-state index in [2.05, 4.69) is 5.32 Å². The van der Waals surface area contributed by atoms with Gasteiger partial charge in [-0.05, 0) is 43.5 Å². The van der Waals surface area contributed by atoms with E-state index in [9.17, 15) is 18.8 Å². The first-order chi connectivity index (χ1) is 10.1. The highest BCUT2D eigenvalue weighted by Gasteiger charge is 2.31. The molecule has 1 fully saturated rings. The molecule has 0 bridgehead atoms. The van der Waals surface area contributed by atoms with Gasteiger partial charge in [-0.15, -0.1) is 0 Å². The fourth-order valence-electron chi connectivity index (χ4n) is 2.12. The lowest BCUT2D eigenvalue weighted by molar-refractivity contribution is -0.132. The lowest BCUT2D eigenvalue weighted by Gasteiger charge is -2.21. The van der Waals surface area contributed by atoms with Gasteiger partial charge in [-0.25, -0.2) is 14.1 Å². The van der Waals surface area contributed by atoms with E-state index in [-0.39, 0.29) is 12.3 Å². The molecule has 1 atom stereocenters. The van der Waals surface area contributed by atoms with Gasteiger partial charge in [0.05, 0.1) is 0 Å². The molecule has 1 aromatic rings. The first-order valence-electron chi connectivity index (χ1n) is 6.60. The molecule has 0 unspecified atom stereocenters. The van der Waals surface area contributed by atoms with Crippen molar-refractivity contribution in [3.05, 3.63) is 30.1 Å². The smallest absolute Gasteiger partial charge is 0.410 e. The summed E-state index contributed by atoms with van der Waals surface area (Å²) in [7, 11) is 0. The minimum absolute atomic E-state index is 0.151. The zero-order valence-corrected chi connectivity index (χ0v) is 11.3. The van der Waals surface area contributed by atoms with Crippen LogP contribution in [0.4, 0.5) is 9.18 Å². The Balaban J connectivity index is 2.07. The standard InChI is InChI=1S/C14H15FN2O4/c15-10-4-6-11(7-5-10)21-14(20)17-8-2-1-3-12(13(17)19)16-9-18/h4-7,9,12H,1-3,8H2,(H,16,18)/t12-/m0/s1. The molecule has 3 amide bonds. The molecule has 21 heavy (non-hydrogen) atoms. The van der Waals surface area contributed by atoms with Crippen molar-refractivity contribution in [2.75, 3.05) is 6.54 Å². The third-order valence-corrected chi connectivity index (χ3v) is 3.20. The maximum Gasteiger partial charge on any atom is 0.422 e. The van der Waals surface area contributed by atoms with Gasteiger partial charge in [0.25, 0.3) is 5.91 Å². The van der Waals surface area contributed by atoms with Crippen LogP contribution in [0.3, 0.4) is 0 Å². The number of hydrogen-bond acceptors (Lipinski definition) is 4. The molecular formula is C14H15FN2O4. The molecule has 1 aliphatic rings. The van der Waals surface area contributed by atoms with Crippen molar-refractivity contribution in [3.8, 4) is 5.75 Å². The van der Waals surface area contributed by atoms with Crippen LogP contribution in [0.15, 0.2) is 24.3 Å². The number of ether oxygens (including phenoxy) is 1. The Kier molecular flexibility index (Phi) is 4.86. The fraction of sp³-hybridized carbons (Fsp3) is 0.357. The SMILES string of the molecule is O=CN[C@H]1CCCCN(C(=O)Oc2ccc(F)cc2)C1=O. The number of rotatable bonds is 3. The first kappa shape index (κ1) is 15.0. The second-order valence-electron chi connectivity index (χ2n) is 4.64. The van der Waals surface area contributed by atoms with E-state index in [1.165, 1.54) is 12.1 Å². The van der Waals surface area contributed by atoms with Gasteiger partial charge in [-0.3, -0.25) is 9.59 Å². The topological polar surface area (TPSA) is 75.7 Å². The molecule has 1 saturated heterocycles. The molecule has 0 radical (unpaired) electrons. The maximum absolute atomic E-state index is 12.8. The minimum Gasteiger partial charge on any atom is -0.410 e. The van der Waals surface area contributed by atoms with E-state index in [4.69, 9.17) is 4.74 Å². The highest BCUT2D eigenvalue weighted by Crippen LogP contribution is 2.16. The summed E-state index contributed by atoms with van der Waals surface area (Å²) in [6.07, 6.45) is 1.46. The minimum atomic E-state index is -0.828. The molecule has 0 saturated carbocycles. The van der Waals surface area contributed by atoms with Crippen LogP contribution in [0.25, 0.3) is 0 Å². The quantitative estimate of drug-likeness (QED) is 0.856. The van der Waals surface area contributed by atoms with Gasteiger partial charge in [0.2, 0.25) is 6.41 Å².